The summed E-state index contributed by atoms with van der Waals surface area (Å²) in [7, 11) is 1.29. The van der Waals surface area contributed by atoms with Gasteiger partial charge in [-0.15, -0.1) is 0 Å². The Hall–Kier alpha value is -2.51. The van der Waals surface area contributed by atoms with E-state index >= 15 is 0 Å². The fourth-order valence-corrected chi connectivity index (χ4v) is 3.55. The van der Waals surface area contributed by atoms with Gasteiger partial charge in [-0.2, -0.15) is 5.10 Å². The normalized spacial score (nSPS) is 15.9. The molecule has 8 heteroatoms. The molecule has 0 saturated heterocycles. The molecule has 1 aromatic carbocycles. The maximum atomic E-state index is 13.9. The van der Waals surface area contributed by atoms with Crippen LogP contribution in [0.15, 0.2) is 24.4 Å². The van der Waals surface area contributed by atoms with Crippen molar-refractivity contribution >= 4 is 5.91 Å². The fourth-order valence-electron chi connectivity index (χ4n) is 3.55. The minimum absolute atomic E-state index is 0.0301. The second-order valence-electron chi connectivity index (χ2n) is 6.71. The third-order valence-corrected chi connectivity index (χ3v) is 5.03. The molecule has 0 aliphatic heterocycles. The number of ether oxygens (including phenoxy) is 1. The van der Waals surface area contributed by atoms with Gasteiger partial charge in [0.05, 0.1) is 24.9 Å². The Morgan fingerprint density at radius 1 is 1.33 bits per heavy atom. The first-order chi connectivity index (χ1) is 12.9. The van der Waals surface area contributed by atoms with Crippen molar-refractivity contribution in [2.24, 2.45) is 0 Å². The topological polar surface area (TPSA) is 56.1 Å². The fraction of sp³-hybridized carbons (Fsp3) is 0.474. The number of hydrogen-bond acceptors (Lipinski definition) is 3. The van der Waals surface area contributed by atoms with Gasteiger partial charge in [-0.3, -0.25) is 9.48 Å². The smallest absolute Gasteiger partial charge is 0.262 e. The van der Waals surface area contributed by atoms with Gasteiger partial charge >= 0.3 is 0 Å². The molecule has 0 spiro atoms. The third kappa shape index (κ3) is 3.94. The van der Waals surface area contributed by atoms with Crippen molar-refractivity contribution in [1.82, 2.24) is 15.1 Å². The van der Waals surface area contributed by atoms with Crippen molar-refractivity contribution in [2.45, 2.75) is 51.1 Å². The minimum atomic E-state index is -2.90. The standard InChI is InChI=1S/C19H22F3N3O2/c1-11-14(10-23-25(11)13-5-3-4-6-13)19(26)24-17(18(21)22)12-7-8-16(27-2)15(20)9-12/h7-10,13,17-18H,3-6H2,1-2H3,(H,24,26)/t17-/m1/s1. The number of rotatable bonds is 6. The van der Waals surface area contributed by atoms with Crippen LogP contribution in [-0.2, 0) is 0 Å². The van der Waals surface area contributed by atoms with E-state index in [4.69, 9.17) is 4.74 Å². The van der Waals surface area contributed by atoms with Crippen LogP contribution in [0.5, 0.6) is 5.75 Å². The lowest BCUT2D eigenvalue weighted by atomic mass is 10.1. The Kier molecular flexibility index (Phi) is 5.72. The van der Waals surface area contributed by atoms with Crippen LogP contribution < -0.4 is 10.1 Å². The van der Waals surface area contributed by atoms with Crippen molar-refractivity contribution in [1.29, 1.82) is 0 Å². The van der Waals surface area contributed by atoms with Gasteiger partial charge in [0.2, 0.25) is 0 Å². The van der Waals surface area contributed by atoms with Gasteiger partial charge in [-0.1, -0.05) is 18.9 Å². The van der Waals surface area contributed by atoms with E-state index in [0.29, 0.717) is 5.69 Å². The molecule has 5 nitrogen and oxygen atoms in total. The number of methoxy groups -OCH3 is 1. The summed E-state index contributed by atoms with van der Waals surface area (Å²) in [5.41, 5.74) is 0.868. The van der Waals surface area contributed by atoms with Crippen molar-refractivity contribution in [3.8, 4) is 5.75 Å². The van der Waals surface area contributed by atoms with Crippen LogP contribution in [0, 0.1) is 12.7 Å². The summed E-state index contributed by atoms with van der Waals surface area (Å²) >= 11 is 0. The second-order valence-corrected chi connectivity index (χ2v) is 6.71. The number of aromatic nitrogens is 2. The Labute approximate surface area is 155 Å². The molecule has 1 saturated carbocycles. The summed E-state index contributed by atoms with van der Waals surface area (Å²) < 4.78 is 47.5. The largest absolute Gasteiger partial charge is 0.494 e. The van der Waals surface area contributed by atoms with E-state index in [1.54, 1.807) is 11.6 Å². The summed E-state index contributed by atoms with van der Waals surface area (Å²) in [5, 5.41) is 6.58. The maximum absolute atomic E-state index is 13.9. The second kappa shape index (κ2) is 8.02. The van der Waals surface area contributed by atoms with E-state index < -0.39 is 24.2 Å². The number of halogens is 3. The predicted molar refractivity (Wildman–Crippen MR) is 93.6 cm³/mol. The summed E-state index contributed by atoms with van der Waals surface area (Å²) in [5.74, 6) is -1.47. The van der Waals surface area contributed by atoms with Gasteiger partial charge in [0.25, 0.3) is 12.3 Å². The monoisotopic (exact) mass is 381 g/mol. The van der Waals surface area contributed by atoms with Gasteiger partial charge < -0.3 is 10.1 Å². The molecule has 27 heavy (non-hydrogen) atoms. The van der Waals surface area contributed by atoms with Crippen LogP contribution in [-0.4, -0.2) is 29.2 Å². The summed E-state index contributed by atoms with van der Waals surface area (Å²) in [4.78, 5) is 12.6. The highest BCUT2D eigenvalue weighted by Gasteiger charge is 2.28. The summed E-state index contributed by atoms with van der Waals surface area (Å²) in [6.07, 6.45) is 2.72. The number of amides is 1. The van der Waals surface area contributed by atoms with E-state index in [-0.39, 0.29) is 22.9 Å². The SMILES string of the molecule is COc1ccc([C@@H](NC(=O)c2cnn(C3CCCC3)c2C)C(F)F)cc1F. The number of nitrogens with zero attached hydrogens (tertiary/aromatic N) is 2. The molecule has 2 aromatic rings. The molecule has 1 aromatic heterocycles. The molecule has 0 bridgehead atoms. The molecule has 1 amide bonds. The number of alkyl halides is 2. The van der Waals surface area contributed by atoms with Crippen molar-refractivity contribution in [2.75, 3.05) is 7.11 Å². The van der Waals surface area contributed by atoms with Crippen LogP contribution in [0.25, 0.3) is 0 Å². The summed E-state index contributed by atoms with van der Waals surface area (Å²) in [6, 6.07) is 2.13. The van der Waals surface area contributed by atoms with Gasteiger partial charge in [-0.25, -0.2) is 13.2 Å². The van der Waals surface area contributed by atoms with Crippen LogP contribution >= 0.6 is 0 Å². The number of carbonyl (C=O) groups is 1. The zero-order valence-electron chi connectivity index (χ0n) is 15.2. The molecule has 0 radical (unpaired) electrons. The van der Waals surface area contributed by atoms with E-state index in [2.05, 4.69) is 10.4 Å². The zero-order chi connectivity index (χ0) is 19.6. The van der Waals surface area contributed by atoms with Crippen molar-refractivity contribution in [3.63, 3.8) is 0 Å². The van der Waals surface area contributed by atoms with Crippen LogP contribution in [0.3, 0.4) is 0 Å². The molecular formula is C19H22F3N3O2. The molecule has 1 heterocycles. The van der Waals surface area contributed by atoms with E-state index in [1.165, 1.54) is 25.4 Å². The lowest BCUT2D eigenvalue weighted by Gasteiger charge is -2.19. The molecule has 146 valence electrons. The Balaban J connectivity index is 1.81. The molecule has 1 aliphatic carbocycles. The first-order valence-electron chi connectivity index (χ1n) is 8.89. The lowest BCUT2D eigenvalue weighted by Crippen LogP contribution is -2.33. The Morgan fingerprint density at radius 2 is 2.04 bits per heavy atom. The van der Waals surface area contributed by atoms with Crippen molar-refractivity contribution in [3.05, 3.63) is 47.0 Å². The van der Waals surface area contributed by atoms with Gasteiger partial charge in [0.15, 0.2) is 11.6 Å². The minimum Gasteiger partial charge on any atom is -0.494 e. The highest BCUT2D eigenvalue weighted by Crippen LogP contribution is 2.31. The van der Waals surface area contributed by atoms with Gasteiger partial charge in [-0.05, 0) is 37.5 Å². The molecule has 1 atom stereocenters. The van der Waals surface area contributed by atoms with E-state index in [0.717, 1.165) is 31.7 Å². The molecule has 1 aliphatic rings. The molecular weight excluding hydrogens is 359 g/mol. The highest BCUT2D eigenvalue weighted by molar-refractivity contribution is 5.95. The van der Waals surface area contributed by atoms with Gasteiger partial charge in [0, 0.05) is 5.69 Å². The predicted octanol–water partition coefficient (Wildman–Crippen LogP) is 4.19. The lowest BCUT2D eigenvalue weighted by molar-refractivity contribution is 0.0742. The average molecular weight is 381 g/mol. The van der Waals surface area contributed by atoms with Gasteiger partial charge in [0.1, 0.15) is 6.04 Å². The Morgan fingerprint density at radius 3 is 2.63 bits per heavy atom. The highest BCUT2D eigenvalue weighted by atomic mass is 19.3. The maximum Gasteiger partial charge on any atom is 0.262 e. The van der Waals surface area contributed by atoms with Crippen LogP contribution in [0.1, 0.15) is 59.4 Å². The molecule has 3 rings (SSSR count). The molecule has 1 N–H and O–H groups in total. The van der Waals surface area contributed by atoms with Crippen LogP contribution in [0.4, 0.5) is 13.2 Å². The summed E-state index contributed by atoms with van der Waals surface area (Å²) in [6.45, 7) is 1.75. The molecule has 0 unspecified atom stereocenters. The quantitative estimate of drug-likeness (QED) is 0.816. The van der Waals surface area contributed by atoms with E-state index in [1.807, 2.05) is 0 Å². The number of hydrogen-bond donors (Lipinski definition) is 1. The first kappa shape index (κ1) is 19.3. The molecule has 1 fully saturated rings. The zero-order valence-corrected chi connectivity index (χ0v) is 15.2. The van der Waals surface area contributed by atoms with E-state index in [9.17, 15) is 18.0 Å². The number of nitrogens with one attached hydrogen (secondary N) is 1. The third-order valence-electron chi connectivity index (χ3n) is 5.03. The van der Waals surface area contributed by atoms with Crippen molar-refractivity contribution < 1.29 is 22.7 Å². The van der Waals surface area contributed by atoms with Crippen LogP contribution in [0.2, 0.25) is 0 Å². The number of carbonyl (C=O) groups excluding carboxylic acids is 1. The Bertz CT molecular complexity index is 817. The number of benzene rings is 1. The first-order valence-corrected chi connectivity index (χ1v) is 8.89. The average Bonchev–Trinajstić information content (AvgIpc) is 3.28.